The van der Waals surface area contributed by atoms with Crippen LogP contribution in [0.2, 0.25) is 0 Å². The van der Waals surface area contributed by atoms with E-state index >= 15 is 0 Å². The molecular weight excluding hydrogens is 384 g/mol. The molecular formula is C12H24F3IN4. The molecule has 2 N–H and O–H groups in total. The summed E-state index contributed by atoms with van der Waals surface area (Å²) in [5, 5.41) is 5.77. The van der Waals surface area contributed by atoms with Gasteiger partial charge in [0.1, 0.15) is 0 Å². The van der Waals surface area contributed by atoms with Crippen LogP contribution in [-0.4, -0.2) is 56.8 Å². The zero-order valence-electron chi connectivity index (χ0n) is 12.0. The highest BCUT2D eigenvalue weighted by atomic mass is 127. The van der Waals surface area contributed by atoms with Crippen LogP contribution in [0.15, 0.2) is 4.99 Å². The number of rotatable bonds is 5. The van der Waals surface area contributed by atoms with Crippen molar-refractivity contribution in [3.63, 3.8) is 0 Å². The number of nitrogens with one attached hydrogen (secondary N) is 2. The minimum Gasteiger partial charge on any atom is -0.356 e. The number of hydrogen-bond acceptors (Lipinski definition) is 2. The van der Waals surface area contributed by atoms with Crippen LogP contribution in [-0.2, 0) is 0 Å². The van der Waals surface area contributed by atoms with Gasteiger partial charge >= 0.3 is 6.18 Å². The van der Waals surface area contributed by atoms with Crippen molar-refractivity contribution in [2.75, 3.05) is 39.8 Å². The number of likely N-dealkylation sites (tertiary alicyclic amines) is 1. The number of nitrogens with zero attached hydrogens (tertiary/aromatic N) is 2. The largest absolute Gasteiger partial charge is 0.390 e. The van der Waals surface area contributed by atoms with Crippen LogP contribution in [0.5, 0.6) is 0 Å². The number of alkyl halides is 3. The number of halogens is 4. The number of guanidine groups is 1. The number of hydrogen-bond donors (Lipinski definition) is 2. The highest BCUT2D eigenvalue weighted by molar-refractivity contribution is 14.0. The van der Waals surface area contributed by atoms with Gasteiger partial charge in [-0.25, -0.2) is 0 Å². The first-order chi connectivity index (χ1) is 8.94. The average Bonchev–Trinajstić information content (AvgIpc) is 2.80. The highest BCUT2D eigenvalue weighted by Gasteiger charge is 2.26. The standard InChI is InChI=1S/C12H23F3N4.HI/c1-3-19-7-4-10(9-19)8-18-11(16-2)17-6-5-12(13,14)15;/h10H,3-9H2,1-2H3,(H2,16,17,18);1H. The third-order valence-corrected chi connectivity index (χ3v) is 3.30. The van der Waals surface area contributed by atoms with Crippen LogP contribution in [0, 0.1) is 5.92 Å². The van der Waals surface area contributed by atoms with E-state index in [1.54, 1.807) is 7.05 Å². The predicted octanol–water partition coefficient (Wildman–Crippen LogP) is 2.06. The van der Waals surface area contributed by atoms with E-state index in [0.717, 1.165) is 32.6 Å². The molecule has 0 aliphatic carbocycles. The molecule has 1 atom stereocenters. The van der Waals surface area contributed by atoms with Crippen molar-refractivity contribution in [1.29, 1.82) is 0 Å². The van der Waals surface area contributed by atoms with Crippen molar-refractivity contribution < 1.29 is 13.2 Å². The molecule has 0 aromatic carbocycles. The first-order valence-corrected chi connectivity index (χ1v) is 6.68. The van der Waals surface area contributed by atoms with E-state index in [4.69, 9.17) is 0 Å². The summed E-state index contributed by atoms with van der Waals surface area (Å²) in [5.74, 6) is 0.986. The van der Waals surface area contributed by atoms with E-state index in [2.05, 4.69) is 27.4 Å². The summed E-state index contributed by atoms with van der Waals surface area (Å²) in [6.07, 6.45) is -3.85. The van der Waals surface area contributed by atoms with E-state index in [-0.39, 0.29) is 30.5 Å². The Hall–Kier alpha value is -0.250. The van der Waals surface area contributed by atoms with Crippen LogP contribution in [0.1, 0.15) is 19.8 Å². The van der Waals surface area contributed by atoms with E-state index in [0.29, 0.717) is 11.9 Å². The Balaban J connectivity index is 0.00000361. The summed E-state index contributed by atoms with van der Waals surface area (Å²) in [7, 11) is 1.57. The molecule has 0 aromatic rings. The fourth-order valence-electron chi connectivity index (χ4n) is 2.15. The zero-order valence-corrected chi connectivity index (χ0v) is 14.3. The maximum Gasteiger partial charge on any atom is 0.390 e. The van der Waals surface area contributed by atoms with Crippen LogP contribution >= 0.6 is 24.0 Å². The van der Waals surface area contributed by atoms with E-state index in [1.807, 2.05) is 0 Å². The Labute approximate surface area is 135 Å². The van der Waals surface area contributed by atoms with Crippen LogP contribution in [0.3, 0.4) is 0 Å². The fourth-order valence-corrected chi connectivity index (χ4v) is 2.15. The Morgan fingerprint density at radius 2 is 2.05 bits per heavy atom. The van der Waals surface area contributed by atoms with E-state index < -0.39 is 12.6 Å². The van der Waals surface area contributed by atoms with Crippen molar-refractivity contribution in [2.24, 2.45) is 10.9 Å². The van der Waals surface area contributed by atoms with Gasteiger partial charge in [-0.3, -0.25) is 4.99 Å². The third-order valence-electron chi connectivity index (χ3n) is 3.30. The Morgan fingerprint density at radius 1 is 1.35 bits per heavy atom. The molecule has 0 aromatic heterocycles. The maximum absolute atomic E-state index is 12.0. The minimum absolute atomic E-state index is 0. The van der Waals surface area contributed by atoms with E-state index in [1.165, 1.54) is 0 Å². The molecule has 1 rings (SSSR count). The normalized spacial score (nSPS) is 20.6. The SMILES string of the molecule is CCN1CCC(CNC(=NC)NCCC(F)(F)F)C1.I. The van der Waals surface area contributed by atoms with Gasteiger partial charge in [0.25, 0.3) is 0 Å². The molecule has 1 fully saturated rings. The zero-order chi connectivity index (χ0) is 14.3. The lowest BCUT2D eigenvalue weighted by Gasteiger charge is -2.16. The monoisotopic (exact) mass is 408 g/mol. The summed E-state index contributed by atoms with van der Waals surface area (Å²) in [5.41, 5.74) is 0. The van der Waals surface area contributed by atoms with Crippen molar-refractivity contribution in [2.45, 2.75) is 25.9 Å². The summed E-state index contributed by atoms with van der Waals surface area (Å²) in [4.78, 5) is 6.29. The molecule has 120 valence electrons. The first-order valence-electron chi connectivity index (χ1n) is 6.68. The molecule has 0 saturated carbocycles. The maximum atomic E-state index is 12.0. The van der Waals surface area contributed by atoms with Gasteiger partial charge < -0.3 is 15.5 Å². The molecule has 0 radical (unpaired) electrons. The molecule has 1 heterocycles. The second kappa shape index (κ2) is 9.64. The van der Waals surface area contributed by atoms with Crippen molar-refractivity contribution >= 4 is 29.9 Å². The molecule has 20 heavy (non-hydrogen) atoms. The van der Waals surface area contributed by atoms with Crippen LogP contribution < -0.4 is 10.6 Å². The molecule has 1 aliphatic rings. The highest BCUT2D eigenvalue weighted by Crippen LogP contribution is 2.18. The topological polar surface area (TPSA) is 39.7 Å². The average molecular weight is 408 g/mol. The van der Waals surface area contributed by atoms with Crippen LogP contribution in [0.25, 0.3) is 0 Å². The van der Waals surface area contributed by atoms with Gasteiger partial charge in [-0.1, -0.05) is 6.92 Å². The smallest absolute Gasteiger partial charge is 0.356 e. The fraction of sp³-hybridized carbons (Fsp3) is 0.917. The molecule has 4 nitrogen and oxygen atoms in total. The third kappa shape index (κ3) is 8.13. The van der Waals surface area contributed by atoms with Crippen molar-refractivity contribution in [3.8, 4) is 0 Å². The van der Waals surface area contributed by atoms with Gasteiger partial charge in [-0.15, -0.1) is 24.0 Å². The Kier molecular flexibility index (Phi) is 9.52. The van der Waals surface area contributed by atoms with Crippen LogP contribution in [0.4, 0.5) is 13.2 Å². The van der Waals surface area contributed by atoms with Gasteiger partial charge in [0.15, 0.2) is 5.96 Å². The van der Waals surface area contributed by atoms with Gasteiger partial charge in [-0.05, 0) is 25.4 Å². The van der Waals surface area contributed by atoms with E-state index in [9.17, 15) is 13.2 Å². The lowest BCUT2D eigenvalue weighted by atomic mass is 10.1. The molecule has 1 aliphatic heterocycles. The summed E-state index contributed by atoms with van der Waals surface area (Å²) in [6.45, 7) is 5.94. The molecule has 1 saturated heterocycles. The molecule has 0 bridgehead atoms. The molecule has 0 amide bonds. The molecule has 0 spiro atoms. The number of aliphatic imine (C=N–C) groups is 1. The van der Waals surface area contributed by atoms with Crippen molar-refractivity contribution in [1.82, 2.24) is 15.5 Å². The summed E-state index contributed by atoms with van der Waals surface area (Å²) in [6, 6.07) is 0. The van der Waals surface area contributed by atoms with Gasteiger partial charge in [0.2, 0.25) is 0 Å². The Bertz CT molecular complexity index is 297. The quantitative estimate of drug-likeness (QED) is 0.416. The molecule has 8 heteroatoms. The predicted molar refractivity (Wildman–Crippen MR) is 85.7 cm³/mol. The van der Waals surface area contributed by atoms with Gasteiger partial charge in [-0.2, -0.15) is 13.2 Å². The first kappa shape index (κ1) is 19.8. The lowest BCUT2D eigenvalue weighted by Crippen LogP contribution is -2.41. The second-order valence-electron chi connectivity index (χ2n) is 4.79. The van der Waals surface area contributed by atoms with Crippen molar-refractivity contribution in [3.05, 3.63) is 0 Å². The summed E-state index contributed by atoms with van der Waals surface area (Å²) < 4.78 is 36.1. The van der Waals surface area contributed by atoms with Gasteiger partial charge in [0, 0.05) is 26.7 Å². The molecule has 1 unspecified atom stereocenters. The van der Waals surface area contributed by atoms with Gasteiger partial charge in [0.05, 0.1) is 6.42 Å². The minimum atomic E-state index is -4.13. The second-order valence-corrected chi connectivity index (χ2v) is 4.79. The lowest BCUT2D eigenvalue weighted by molar-refractivity contribution is -0.132. The summed E-state index contributed by atoms with van der Waals surface area (Å²) >= 11 is 0. The Morgan fingerprint density at radius 3 is 2.55 bits per heavy atom.